The van der Waals surface area contributed by atoms with E-state index in [0.29, 0.717) is 23.9 Å². The quantitative estimate of drug-likeness (QED) is 0.692. The Balaban J connectivity index is 1.45. The molecule has 0 atom stereocenters. The molecule has 1 fully saturated rings. The van der Waals surface area contributed by atoms with Crippen molar-refractivity contribution in [3.8, 4) is 0 Å². The van der Waals surface area contributed by atoms with Crippen LogP contribution in [0.2, 0.25) is 0 Å². The van der Waals surface area contributed by atoms with Gasteiger partial charge in [-0.15, -0.1) is 0 Å². The van der Waals surface area contributed by atoms with Gasteiger partial charge in [0.2, 0.25) is 0 Å². The van der Waals surface area contributed by atoms with Gasteiger partial charge < -0.3 is 18.7 Å². The monoisotopic (exact) mass is 368 g/mol. The van der Waals surface area contributed by atoms with E-state index in [4.69, 9.17) is 9.26 Å². The molecule has 1 aromatic carbocycles. The van der Waals surface area contributed by atoms with Crippen LogP contribution < -0.4 is 0 Å². The predicted molar refractivity (Wildman–Crippen MR) is 101 cm³/mol. The molecule has 0 radical (unpaired) electrons. The van der Waals surface area contributed by atoms with Crippen molar-refractivity contribution in [2.75, 3.05) is 26.8 Å². The standard InChI is InChI=1S/C20H24N4O3/c1-14-21-17-5-3-4-6-19(17)24(14)12-16-11-18(22-27-16)20(25)23-9-7-15(8-10-23)13-26-2/h3-6,11,15H,7-10,12-13H2,1-2H3. The van der Waals surface area contributed by atoms with Gasteiger partial charge in [-0.2, -0.15) is 0 Å². The summed E-state index contributed by atoms with van der Waals surface area (Å²) in [6.07, 6.45) is 1.93. The van der Waals surface area contributed by atoms with E-state index in [2.05, 4.69) is 14.7 Å². The predicted octanol–water partition coefficient (Wildman–Crippen LogP) is 2.88. The number of imidazole rings is 1. The van der Waals surface area contributed by atoms with Crippen LogP contribution >= 0.6 is 0 Å². The third kappa shape index (κ3) is 3.60. The second-order valence-corrected chi connectivity index (χ2v) is 7.10. The van der Waals surface area contributed by atoms with Crippen molar-refractivity contribution in [3.05, 3.63) is 47.6 Å². The number of carbonyl (C=O) groups is 1. The van der Waals surface area contributed by atoms with Crippen LogP contribution in [0.5, 0.6) is 0 Å². The third-order valence-corrected chi connectivity index (χ3v) is 5.24. The van der Waals surface area contributed by atoms with Crippen LogP contribution in [0.4, 0.5) is 0 Å². The number of para-hydroxylation sites is 2. The molecule has 27 heavy (non-hydrogen) atoms. The Morgan fingerprint density at radius 3 is 2.85 bits per heavy atom. The molecular weight excluding hydrogens is 344 g/mol. The number of ether oxygens (including phenoxy) is 1. The van der Waals surface area contributed by atoms with Gasteiger partial charge in [0.15, 0.2) is 11.5 Å². The van der Waals surface area contributed by atoms with Crippen molar-refractivity contribution in [1.82, 2.24) is 19.6 Å². The summed E-state index contributed by atoms with van der Waals surface area (Å²) < 4.78 is 12.7. The van der Waals surface area contributed by atoms with Gasteiger partial charge in [0.05, 0.1) is 17.6 Å². The summed E-state index contributed by atoms with van der Waals surface area (Å²) in [5.74, 6) is 2.03. The molecule has 4 rings (SSSR count). The Morgan fingerprint density at radius 2 is 2.07 bits per heavy atom. The topological polar surface area (TPSA) is 73.4 Å². The van der Waals surface area contributed by atoms with Gasteiger partial charge in [-0.25, -0.2) is 4.98 Å². The van der Waals surface area contributed by atoms with Crippen LogP contribution in [0.25, 0.3) is 11.0 Å². The summed E-state index contributed by atoms with van der Waals surface area (Å²) in [7, 11) is 1.72. The molecule has 1 aliphatic heterocycles. The minimum absolute atomic E-state index is 0.0620. The van der Waals surface area contributed by atoms with Crippen LogP contribution in [0, 0.1) is 12.8 Å². The highest BCUT2D eigenvalue weighted by Crippen LogP contribution is 2.21. The van der Waals surface area contributed by atoms with Gasteiger partial charge >= 0.3 is 0 Å². The molecule has 0 bridgehead atoms. The summed E-state index contributed by atoms with van der Waals surface area (Å²) in [5.41, 5.74) is 2.36. The largest absolute Gasteiger partial charge is 0.384 e. The van der Waals surface area contributed by atoms with Crippen molar-refractivity contribution < 1.29 is 14.1 Å². The number of amides is 1. The lowest BCUT2D eigenvalue weighted by Gasteiger charge is -2.31. The van der Waals surface area contributed by atoms with Crippen LogP contribution in [0.3, 0.4) is 0 Å². The Morgan fingerprint density at radius 1 is 1.30 bits per heavy atom. The lowest BCUT2D eigenvalue weighted by atomic mass is 9.97. The summed E-state index contributed by atoms with van der Waals surface area (Å²) in [6, 6.07) is 9.73. The molecule has 1 aliphatic rings. The van der Waals surface area contributed by atoms with Crippen molar-refractivity contribution >= 4 is 16.9 Å². The first kappa shape index (κ1) is 17.7. The number of aryl methyl sites for hydroxylation is 1. The first-order valence-corrected chi connectivity index (χ1v) is 9.31. The van der Waals surface area contributed by atoms with Gasteiger partial charge in [-0.05, 0) is 37.8 Å². The summed E-state index contributed by atoms with van der Waals surface area (Å²) >= 11 is 0. The Labute approximate surface area is 157 Å². The molecule has 0 spiro atoms. The number of hydrogen-bond donors (Lipinski definition) is 0. The highest BCUT2D eigenvalue weighted by molar-refractivity contribution is 5.92. The number of carbonyl (C=O) groups excluding carboxylic acids is 1. The number of rotatable bonds is 5. The first-order valence-electron chi connectivity index (χ1n) is 9.31. The minimum Gasteiger partial charge on any atom is -0.384 e. The number of likely N-dealkylation sites (tertiary alicyclic amines) is 1. The number of methoxy groups -OCH3 is 1. The average Bonchev–Trinajstić information content (AvgIpc) is 3.27. The molecule has 0 saturated carbocycles. The maximum absolute atomic E-state index is 12.7. The molecule has 2 aromatic heterocycles. The molecule has 1 amide bonds. The van der Waals surface area contributed by atoms with Gasteiger partial charge in [0.25, 0.3) is 5.91 Å². The van der Waals surface area contributed by atoms with Crippen LogP contribution in [-0.2, 0) is 11.3 Å². The molecule has 0 N–H and O–H groups in total. The van der Waals surface area contributed by atoms with E-state index < -0.39 is 0 Å². The molecule has 3 aromatic rings. The van der Waals surface area contributed by atoms with E-state index in [1.165, 1.54) is 0 Å². The lowest BCUT2D eigenvalue weighted by molar-refractivity contribution is 0.0604. The second-order valence-electron chi connectivity index (χ2n) is 7.10. The van der Waals surface area contributed by atoms with Gasteiger partial charge in [-0.1, -0.05) is 17.3 Å². The summed E-state index contributed by atoms with van der Waals surface area (Å²) in [4.78, 5) is 19.1. The third-order valence-electron chi connectivity index (χ3n) is 5.24. The molecule has 3 heterocycles. The molecule has 0 unspecified atom stereocenters. The van der Waals surface area contributed by atoms with Gasteiger partial charge in [0.1, 0.15) is 5.82 Å². The fraction of sp³-hybridized carbons (Fsp3) is 0.450. The fourth-order valence-electron chi connectivity index (χ4n) is 3.74. The maximum atomic E-state index is 12.7. The zero-order valence-electron chi connectivity index (χ0n) is 15.7. The highest BCUT2D eigenvalue weighted by Gasteiger charge is 2.25. The Hall–Kier alpha value is -2.67. The van der Waals surface area contributed by atoms with Crippen LogP contribution in [0.1, 0.15) is 34.9 Å². The molecule has 1 saturated heterocycles. The SMILES string of the molecule is COCC1CCN(C(=O)c2cc(Cn3c(C)nc4ccccc43)on2)CC1. The molecule has 142 valence electrons. The normalized spacial score (nSPS) is 15.6. The Kier molecular flexibility index (Phi) is 4.94. The molecule has 7 nitrogen and oxygen atoms in total. The van der Waals surface area contributed by atoms with Gasteiger partial charge in [-0.3, -0.25) is 4.79 Å². The van der Waals surface area contributed by atoms with E-state index in [9.17, 15) is 4.79 Å². The maximum Gasteiger partial charge on any atom is 0.276 e. The number of benzene rings is 1. The molecule has 0 aliphatic carbocycles. The number of piperidine rings is 1. The van der Waals surface area contributed by atoms with Gasteiger partial charge in [0, 0.05) is 32.9 Å². The van der Waals surface area contributed by atoms with Crippen molar-refractivity contribution in [3.63, 3.8) is 0 Å². The van der Waals surface area contributed by atoms with E-state index in [-0.39, 0.29) is 5.91 Å². The van der Waals surface area contributed by atoms with E-state index in [1.54, 1.807) is 13.2 Å². The van der Waals surface area contributed by atoms with Crippen LogP contribution in [0.15, 0.2) is 34.9 Å². The minimum atomic E-state index is -0.0620. The molecular formula is C20H24N4O3. The van der Waals surface area contributed by atoms with Crippen molar-refractivity contribution in [2.45, 2.75) is 26.3 Å². The average molecular weight is 368 g/mol. The number of nitrogens with zero attached hydrogens (tertiary/aromatic N) is 4. The van der Waals surface area contributed by atoms with Crippen molar-refractivity contribution in [2.24, 2.45) is 5.92 Å². The number of hydrogen-bond acceptors (Lipinski definition) is 5. The van der Waals surface area contributed by atoms with E-state index in [1.807, 2.05) is 36.1 Å². The first-order chi connectivity index (χ1) is 13.2. The van der Waals surface area contributed by atoms with E-state index in [0.717, 1.165) is 49.4 Å². The summed E-state index contributed by atoms with van der Waals surface area (Å²) in [6.45, 7) is 4.70. The fourth-order valence-corrected chi connectivity index (χ4v) is 3.74. The van der Waals surface area contributed by atoms with Crippen LogP contribution in [-0.4, -0.2) is 52.3 Å². The lowest BCUT2D eigenvalue weighted by Crippen LogP contribution is -2.39. The number of aromatic nitrogens is 3. The smallest absolute Gasteiger partial charge is 0.276 e. The molecule has 7 heteroatoms. The second kappa shape index (κ2) is 7.52. The number of fused-ring (bicyclic) bond motifs is 1. The Bertz CT molecular complexity index is 938. The van der Waals surface area contributed by atoms with E-state index >= 15 is 0 Å². The zero-order chi connectivity index (χ0) is 18.8. The zero-order valence-corrected chi connectivity index (χ0v) is 15.7. The highest BCUT2D eigenvalue weighted by atomic mass is 16.5. The van der Waals surface area contributed by atoms with Crippen molar-refractivity contribution in [1.29, 1.82) is 0 Å². The summed E-state index contributed by atoms with van der Waals surface area (Å²) in [5, 5.41) is 4.01.